The molecule has 1 fully saturated rings. The van der Waals surface area contributed by atoms with Crippen LogP contribution in [0.2, 0.25) is 0 Å². The van der Waals surface area contributed by atoms with Gasteiger partial charge in [-0.1, -0.05) is 26.0 Å². The summed E-state index contributed by atoms with van der Waals surface area (Å²) < 4.78 is 1.87. The second-order valence-electron chi connectivity index (χ2n) is 8.81. The Bertz CT molecular complexity index is 1080. The van der Waals surface area contributed by atoms with E-state index in [1.54, 1.807) is 6.33 Å². The molecule has 32 heavy (non-hydrogen) atoms. The summed E-state index contributed by atoms with van der Waals surface area (Å²) in [6.07, 6.45) is 5.05. The highest BCUT2D eigenvalue weighted by Crippen LogP contribution is 2.23. The first-order valence-electron chi connectivity index (χ1n) is 11.4. The molecule has 1 N–H and O–H groups in total. The number of benzene rings is 1. The molecule has 7 heteroatoms. The van der Waals surface area contributed by atoms with Crippen LogP contribution in [-0.4, -0.2) is 38.7 Å². The van der Waals surface area contributed by atoms with Crippen LogP contribution in [0.4, 0.5) is 11.5 Å². The highest BCUT2D eigenvalue weighted by molar-refractivity contribution is 5.90. The predicted octanol–water partition coefficient (Wildman–Crippen LogP) is 4.57. The van der Waals surface area contributed by atoms with Gasteiger partial charge in [-0.25, -0.2) is 14.6 Å². The molecule has 0 bridgehead atoms. The largest absolute Gasteiger partial charge is 0.356 e. The average molecular weight is 433 g/mol. The van der Waals surface area contributed by atoms with Gasteiger partial charge in [0.05, 0.1) is 5.69 Å². The van der Waals surface area contributed by atoms with Gasteiger partial charge in [-0.3, -0.25) is 4.79 Å². The van der Waals surface area contributed by atoms with Crippen molar-refractivity contribution < 1.29 is 4.79 Å². The van der Waals surface area contributed by atoms with Crippen LogP contribution in [0.1, 0.15) is 61.5 Å². The van der Waals surface area contributed by atoms with Crippen molar-refractivity contribution in [1.82, 2.24) is 19.7 Å². The molecule has 2 aromatic heterocycles. The minimum atomic E-state index is 0.00667. The zero-order valence-corrected chi connectivity index (χ0v) is 19.4. The third-order valence-corrected chi connectivity index (χ3v) is 6.19. The van der Waals surface area contributed by atoms with Crippen molar-refractivity contribution in [2.75, 3.05) is 23.3 Å². The molecule has 1 aliphatic heterocycles. The summed E-state index contributed by atoms with van der Waals surface area (Å²) in [5.41, 5.74) is 5.13. The van der Waals surface area contributed by atoms with Gasteiger partial charge in [0.25, 0.3) is 0 Å². The molecular weight excluding hydrogens is 400 g/mol. The van der Waals surface area contributed by atoms with E-state index >= 15 is 0 Å². The number of rotatable bonds is 7. The van der Waals surface area contributed by atoms with Crippen molar-refractivity contribution in [2.24, 2.45) is 0 Å². The molecule has 0 saturated carbocycles. The number of carbonyl (C=O) groups is 1. The van der Waals surface area contributed by atoms with Crippen molar-refractivity contribution in [3.8, 4) is 5.82 Å². The zero-order chi connectivity index (χ0) is 22.7. The highest BCUT2D eigenvalue weighted by Gasteiger charge is 2.18. The molecule has 0 aliphatic carbocycles. The quantitative estimate of drug-likeness (QED) is 0.592. The van der Waals surface area contributed by atoms with Crippen LogP contribution < -0.4 is 10.2 Å². The monoisotopic (exact) mass is 432 g/mol. The third kappa shape index (κ3) is 4.82. The summed E-state index contributed by atoms with van der Waals surface area (Å²) in [6.45, 7) is 10.4. The minimum Gasteiger partial charge on any atom is -0.356 e. The Kier molecular flexibility index (Phi) is 6.53. The van der Waals surface area contributed by atoms with Crippen molar-refractivity contribution in [1.29, 1.82) is 0 Å². The zero-order valence-electron chi connectivity index (χ0n) is 19.4. The van der Waals surface area contributed by atoms with Crippen LogP contribution in [0, 0.1) is 13.8 Å². The number of anilines is 2. The van der Waals surface area contributed by atoms with E-state index in [1.807, 2.05) is 36.7 Å². The Labute approximate surface area is 189 Å². The van der Waals surface area contributed by atoms with E-state index in [4.69, 9.17) is 5.10 Å². The molecule has 3 aromatic rings. The number of carbonyl (C=O) groups excluding carboxylic acids is 1. The Hall–Kier alpha value is -3.22. The molecule has 1 saturated heterocycles. The van der Waals surface area contributed by atoms with Gasteiger partial charge in [0.15, 0.2) is 5.82 Å². The van der Waals surface area contributed by atoms with Gasteiger partial charge in [0.2, 0.25) is 5.91 Å². The second kappa shape index (κ2) is 9.51. The lowest BCUT2D eigenvalue weighted by molar-refractivity contribution is -0.116. The first-order chi connectivity index (χ1) is 15.4. The van der Waals surface area contributed by atoms with Gasteiger partial charge in [-0.15, -0.1) is 0 Å². The predicted molar refractivity (Wildman–Crippen MR) is 128 cm³/mol. The van der Waals surface area contributed by atoms with Crippen molar-refractivity contribution >= 4 is 17.4 Å². The van der Waals surface area contributed by atoms with Crippen LogP contribution in [0.5, 0.6) is 0 Å². The smallest absolute Gasteiger partial charge is 0.224 e. The summed E-state index contributed by atoms with van der Waals surface area (Å²) in [5.74, 6) is 2.20. The van der Waals surface area contributed by atoms with E-state index in [0.29, 0.717) is 18.8 Å². The van der Waals surface area contributed by atoms with Gasteiger partial charge in [0.1, 0.15) is 12.1 Å². The summed E-state index contributed by atoms with van der Waals surface area (Å²) in [7, 11) is 0. The van der Waals surface area contributed by atoms with E-state index in [0.717, 1.165) is 47.4 Å². The van der Waals surface area contributed by atoms with Gasteiger partial charge in [-0.2, -0.15) is 5.10 Å². The molecule has 1 aromatic carbocycles. The second-order valence-corrected chi connectivity index (χ2v) is 8.81. The van der Waals surface area contributed by atoms with Gasteiger partial charge < -0.3 is 10.2 Å². The van der Waals surface area contributed by atoms with Crippen molar-refractivity contribution in [2.45, 2.75) is 59.3 Å². The fourth-order valence-corrected chi connectivity index (χ4v) is 4.25. The number of amides is 1. The van der Waals surface area contributed by atoms with Crippen molar-refractivity contribution in [3.63, 3.8) is 0 Å². The SMILES string of the molecule is Cc1nn(-c2cc(N3CCCC3)ncn2)c(C)c1CCC(=O)Nc1ccc(C(C)C)cc1. The maximum absolute atomic E-state index is 12.5. The molecule has 4 rings (SSSR count). The molecule has 168 valence electrons. The van der Waals surface area contributed by atoms with E-state index in [1.165, 1.54) is 18.4 Å². The Morgan fingerprint density at radius 1 is 1.06 bits per heavy atom. The topological polar surface area (TPSA) is 75.9 Å². The summed E-state index contributed by atoms with van der Waals surface area (Å²) in [4.78, 5) is 23.7. The minimum absolute atomic E-state index is 0.00667. The van der Waals surface area contributed by atoms with Gasteiger partial charge in [0, 0.05) is 37.0 Å². The number of aromatic nitrogens is 4. The average Bonchev–Trinajstić information content (AvgIpc) is 3.41. The fraction of sp³-hybridized carbons (Fsp3) is 0.440. The van der Waals surface area contributed by atoms with Crippen LogP contribution in [0.25, 0.3) is 5.82 Å². The van der Waals surface area contributed by atoms with E-state index in [9.17, 15) is 4.79 Å². The van der Waals surface area contributed by atoms with Crippen molar-refractivity contribution in [3.05, 3.63) is 59.2 Å². The third-order valence-electron chi connectivity index (χ3n) is 6.19. The Morgan fingerprint density at radius 2 is 1.75 bits per heavy atom. The molecule has 0 atom stereocenters. The van der Waals surface area contributed by atoms with Crippen LogP contribution in [0.3, 0.4) is 0 Å². The standard InChI is InChI=1S/C25H32N6O/c1-17(2)20-7-9-21(10-8-20)28-25(32)12-11-22-18(3)29-31(19(22)4)24-15-23(26-16-27-24)30-13-5-6-14-30/h7-10,15-17H,5-6,11-14H2,1-4H3,(H,28,32). The number of hydrogen-bond donors (Lipinski definition) is 1. The normalized spacial score (nSPS) is 13.7. The Balaban J connectivity index is 1.43. The van der Waals surface area contributed by atoms with Crippen LogP contribution in [0.15, 0.2) is 36.7 Å². The van der Waals surface area contributed by atoms with Crippen LogP contribution >= 0.6 is 0 Å². The van der Waals surface area contributed by atoms with Crippen LogP contribution in [-0.2, 0) is 11.2 Å². The van der Waals surface area contributed by atoms with Gasteiger partial charge in [-0.05, 0) is 62.3 Å². The molecule has 7 nitrogen and oxygen atoms in total. The first kappa shape index (κ1) is 22.0. The Morgan fingerprint density at radius 3 is 2.44 bits per heavy atom. The molecule has 1 aliphatic rings. The van der Waals surface area contributed by atoms with E-state index in [-0.39, 0.29) is 5.91 Å². The molecule has 0 unspecified atom stereocenters. The molecular formula is C25H32N6O. The lowest BCUT2D eigenvalue weighted by Crippen LogP contribution is -2.19. The molecule has 0 radical (unpaired) electrons. The summed E-state index contributed by atoms with van der Waals surface area (Å²) in [5, 5.41) is 7.71. The lowest BCUT2D eigenvalue weighted by Gasteiger charge is -2.16. The molecule has 3 heterocycles. The molecule has 1 amide bonds. The summed E-state index contributed by atoms with van der Waals surface area (Å²) >= 11 is 0. The van der Waals surface area contributed by atoms with E-state index in [2.05, 4.69) is 46.2 Å². The number of nitrogens with one attached hydrogen (secondary N) is 1. The lowest BCUT2D eigenvalue weighted by atomic mass is 10.0. The molecule has 0 spiro atoms. The number of hydrogen-bond acceptors (Lipinski definition) is 5. The highest BCUT2D eigenvalue weighted by atomic mass is 16.1. The van der Waals surface area contributed by atoms with Gasteiger partial charge >= 0.3 is 0 Å². The maximum Gasteiger partial charge on any atom is 0.224 e. The maximum atomic E-state index is 12.5. The summed E-state index contributed by atoms with van der Waals surface area (Å²) in [6, 6.07) is 10.1. The number of aryl methyl sites for hydroxylation is 1. The van der Waals surface area contributed by atoms with E-state index < -0.39 is 0 Å². The number of nitrogens with zero attached hydrogens (tertiary/aromatic N) is 5. The fourth-order valence-electron chi connectivity index (χ4n) is 4.25. The first-order valence-corrected chi connectivity index (χ1v) is 11.4.